The lowest BCUT2D eigenvalue weighted by Gasteiger charge is -2.19. The minimum atomic E-state index is -0.296. The Kier molecular flexibility index (Phi) is 5.20. The molecule has 5 aromatic rings. The molecule has 0 aliphatic heterocycles. The fraction of sp³-hybridized carbons (Fsp3) is 0.250. The van der Waals surface area contributed by atoms with Crippen molar-refractivity contribution in [3.05, 3.63) is 59.9 Å². The van der Waals surface area contributed by atoms with E-state index in [1.807, 2.05) is 53.1 Å². The molecular formula is C24H24N8O2. The topological polar surface area (TPSA) is 139 Å². The van der Waals surface area contributed by atoms with Crippen LogP contribution in [0.25, 0.3) is 33.5 Å². The second-order valence-electron chi connectivity index (χ2n) is 9.39. The number of rotatable bonds is 5. The van der Waals surface area contributed by atoms with Crippen molar-refractivity contribution in [2.45, 2.75) is 33.7 Å². The number of fused-ring (bicyclic) bond motifs is 1. The van der Waals surface area contributed by atoms with Crippen molar-refractivity contribution in [2.75, 3.05) is 0 Å². The molecule has 0 amide bonds. The highest BCUT2D eigenvalue weighted by atomic mass is 16.3. The first-order valence-corrected chi connectivity index (χ1v) is 10.9. The van der Waals surface area contributed by atoms with Crippen molar-refractivity contribution < 1.29 is 10.2 Å². The van der Waals surface area contributed by atoms with E-state index in [1.165, 1.54) is 0 Å². The third-order valence-corrected chi connectivity index (χ3v) is 5.53. The lowest BCUT2D eigenvalue weighted by molar-refractivity contribution is 0.393. The molecule has 0 bridgehead atoms. The van der Waals surface area contributed by atoms with Gasteiger partial charge in [0.2, 0.25) is 0 Å². The Labute approximate surface area is 195 Å². The van der Waals surface area contributed by atoms with Gasteiger partial charge in [0.1, 0.15) is 11.3 Å². The third-order valence-electron chi connectivity index (χ3n) is 5.53. The predicted molar refractivity (Wildman–Crippen MR) is 126 cm³/mol. The summed E-state index contributed by atoms with van der Waals surface area (Å²) in [6.07, 6.45) is 0.650. The SMILES string of the molecule is CC(C)(C)Cc1nc2c(O)nnc(O)c2n1Cc1ccc(-c2ccccc2-c2nnn[nH]2)cc1. The Morgan fingerprint density at radius 3 is 2.26 bits per heavy atom. The Bertz CT molecular complexity index is 1450. The van der Waals surface area contributed by atoms with Gasteiger partial charge in [0.05, 0.1) is 0 Å². The first kappa shape index (κ1) is 21.5. The number of nitrogens with zero attached hydrogens (tertiary/aromatic N) is 7. The van der Waals surface area contributed by atoms with Gasteiger partial charge in [-0.15, -0.1) is 15.3 Å². The zero-order valence-electron chi connectivity index (χ0n) is 19.1. The largest absolute Gasteiger partial charge is 0.491 e. The lowest BCUT2D eigenvalue weighted by atomic mass is 9.92. The summed E-state index contributed by atoms with van der Waals surface area (Å²) < 4.78 is 1.90. The molecule has 10 heteroatoms. The number of aromatic nitrogens is 8. The molecule has 0 unspecified atom stereocenters. The highest BCUT2D eigenvalue weighted by Crippen LogP contribution is 2.33. The van der Waals surface area contributed by atoms with Crippen molar-refractivity contribution in [3.63, 3.8) is 0 Å². The number of aromatic hydroxyl groups is 2. The Hall–Kier alpha value is -4.34. The van der Waals surface area contributed by atoms with Crippen LogP contribution in [0.3, 0.4) is 0 Å². The number of imidazole rings is 1. The van der Waals surface area contributed by atoms with Gasteiger partial charge in [-0.05, 0) is 32.5 Å². The maximum atomic E-state index is 10.4. The van der Waals surface area contributed by atoms with Gasteiger partial charge in [-0.2, -0.15) is 0 Å². The van der Waals surface area contributed by atoms with Crippen molar-refractivity contribution >= 4 is 11.0 Å². The van der Waals surface area contributed by atoms with Gasteiger partial charge in [0, 0.05) is 18.5 Å². The van der Waals surface area contributed by atoms with Crippen LogP contribution in [0.5, 0.6) is 11.8 Å². The number of nitrogens with one attached hydrogen (secondary N) is 1. The van der Waals surface area contributed by atoms with E-state index in [-0.39, 0.29) is 22.7 Å². The molecule has 10 nitrogen and oxygen atoms in total. The summed E-state index contributed by atoms with van der Waals surface area (Å²) in [6, 6.07) is 16.1. The number of hydrogen-bond donors (Lipinski definition) is 3. The van der Waals surface area contributed by atoms with E-state index in [1.54, 1.807) is 0 Å². The van der Waals surface area contributed by atoms with E-state index in [0.29, 0.717) is 24.3 Å². The van der Waals surface area contributed by atoms with Crippen molar-refractivity contribution in [2.24, 2.45) is 5.41 Å². The molecule has 0 aliphatic carbocycles. The van der Waals surface area contributed by atoms with Crippen LogP contribution < -0.4 is 0 Å². The zero-order chi connectivity index (χ0) is 23.9. The molecule has 0 radical (unpaired) electrons. The average Bonchev–Trinajstić information content (AvgIpc) is 3.46. The molecule has 3 aromatic heterocycles. The molecule has 0 aliphatic rings. The van der Waals surface area contributed by atoms with Crippen LogP contribution in [0.1, 0.15) is 32.2 Å². The van der Waals surface area contributed by atoms with Gasteiger partial charge < -0.3 is 14.8 Å². The summed E-state index contributed by atoms with van der Waals surface area (Å²) in [4.78, 5) is 4.59. The normalized spacial score (nSPS) is 11.9. The van der Waals surface area contributed by atoms with E-state index in [0.717, 1.165) is 28.1 Å². The van der Waals surface area contributed by atoms with Gasteiger partial charge >= 0.3 is 0 Å². The predicted octanol–water partition coefficient (Wildman–Crippen LogP) is 3.72. The molecule has 34 heavy (non-hydrogen) atoms. The molecule has 5 rings (SSSR count). The van der Waals surface area contributed by atoms with Crippen molar-refractivity contribution in [1.82, 2.24) is 40.4 Å². The van der Waals surface area contributed by atoms with Gasteiger partial charge in [-0.25, -0.2) is 10.1 Å². The summed E-state index contributed by atoms with van der Waals surface area (Å²) in [7, 11) is 0. The minimum Gasteiger partial charge on any atom is -0.491 e. The van der Waals surface area contributed by atoms with Crippen molar-refractivity contribution in [1.29, 1.82) is 0 Å². The van der Waals surface area contributed by atoms with Crippen molar-refractivity contribution in [3.8, 4) is 34.3 Å². The standard InChI is InChI=1S/C24H24N8O2/c1-24(2,3)12-18-25-19-20(23(34)29-28-22(19)33)32(18)13-14-8-10-15(11-9-14)16-6-4-5-7-17(16)21-26-30-31-27-21/h4-11H,12-13H2,1-3H3,(H,28,33)(H,29,34)(H,26,27,30,31). The summed E-state index contributed by atoms with van der Waals surface area (Å²) in [5.74, 6) is 0.796. The van der Waals surface area contributed by atoms with E-state index in [4.69, 9.17) is 0 Å². The number of aromatic amines is 1. The number of benzene rings is 2. The van der Waals surface area contributed by atoms with Crippen LogP contribution in [0.4, 0.5) is 0 Å². The third kappa shape index (κ3) is 4.05. The smallest absolute Gasteiger partial charge is 0.259 e. The molecule has 172 valence electrons. The monoisotopic (exact) mass is 456 g/mol. The second-order valence-corrected chi connectivity index (χ2v) is 9.39. The summed E-state index contributed by atoms with van der Waals surface area (Å²) >= 11 is 0. The van der Waals surface area contributed by atoms with E-state index in [9.17, 15) is 10.2 Å². The summed E-state index contributed by atoms with van der Waals surface area (Å²) in [5.41, 5.74) is 4.52. The summed E-state index contributed by atoms with van der Waals surface area (Å²) in [6.45, 7) is 6.80. The van der Waals surface area contributed by atoms with Gasteiger partial charge in [-0.1, -0.05) is 69.3 Å². The second kappa shape index (κ2) is 8.22. The molecule has 0 saturated heterocycles. The number of H-pyrrole nitrogens is 1. The average molecular weight is 457 g/mol. The van der Waals surface area contributed by atoms with Crippen LogP contribution in [-0.4, -0.2) is 50.6 Å². The summed E-state index contributed by atoms with van der Waals surface area (Å²) in [5, 5.41) is 42.1. The molecule has 0 atom stereocenters. The highest BCUT2D eigenvalue weighted by Gasteiger charge is 2.23. The fourth-order valence-corrected chi connectivity index (χ4v) is 4.04. The molecule has 0 saturated carbocycles. The minimum absolute atomic E-state index is 0.0473. The Morgan fingerprint density at radius 2 is 1.59 bits per heavy atom. The lowest BCUT2D eigenvalue weighted by Crippen LogP contribution is -2.15. The Balaban J connectivity index is 1.53. The van der Waals surface area contributed by atoms with Crippen LogP contribution in [0.2, 0.25) is 0 Å². The van der Waals surface area contributed by atoms with E-state index in [2.05, 4.69) is 56.6 Å². The molecular weight excluding hydrogens is 432 g/mol. The Morgan fingerprint density at radius 1 is 0.882 bits per heavy atom. The molecule has 0 fully saturated rings. The highest BCUT2D eigenvalue weighted by molar-refractivity contribution is 5.84. The van der Waals surface area contributed by atoms with Gasteiger partial charge in [0.15, 0.2) is 11.3 Å². The number of tetrazole rings is 1. The van der Waals surface area contributed by atoms with E-state index < -0.39 is 0 Å². The first-order valence-electron chi connectivity index (χ1n) is 10.9. The van der Waals surface area contributed by atoms with Gasteiger partial charge in [0.25, 0.3) is 11.8 Å². The van der Waals surface area contributed by atoms with Crippen LogP contribution in [-0.2, 0) is 13.0 Å². The van der Waals surface area contributed by atoms with Crippen LogP contribution in [0, 0.1) is 5.41 Å². The zero-order valence-corrected chi connectivity index (χ0v) is 19.1. The number of hydrogen-bond acceptors (Lipinski definition) is 8. The molecule has 3 N–H and O–H groups in total. The van der Waals surface area contributed by atoms with Crippen LogP contribution >= 0.6 is 0 Å². The first-order chi connectivity index (χ1) is 16.3. The molecule has 3 heterocycles. The van der Waals surface area contributed by atoms with E-state index >= 15 is 0 Å². The maximum absolute atomic E-state index is 10.4. The quantitative estimate of drug-likeness (QED) is 0.364. The fourth-order valence-electron chi connectivity index (χ4n) is 4.04. The van der Waals surface area contributed by atoms with Crippen LogP contribution in [0.15, 0.2) is 48.5 Å². The molecule has 2 aromatic carbocycles. The molecule has 0 spiro atoms. The van der Waals surface area contributed by atoms with Gasteiger partial charge in [-0.3, -0.25) is 0 Å². The maximum Gasteiger partial charge on any atom is 0.259 e.